The van der Waals surface area contributed by atoms with Crippen LogP contribution < -0.4 is 10.6 Å². The number of aromatic amines is 1. The van der Waals surface area contributed by atoms with Gasteiger partial charge in [-0.1, -0.05) is 35.9 Å². The molecule has 3 rings (SSSR count). The number of aryl methyl sites for hydroxylation is 3. The minimum absolute atomic E-state index is 0.180. The topological polar surface area (TPSA) is 74.0 Å². The van der Waals surface area contributed by atoms with Crippen LogP contribution in [0.4, 0.5) is 5.69 Å². The summed E-state index contributed by atoms with van der Waals surface area (Å²) in [5, 5.41) is 6.85. The number of anilines is 1. The summed E-state index contributed by atoms with van der Waals surface area (Å²) in [4.78, 5) is 27.5. The molecule has 5 nitrogen and oxygen atoms in total. The van der Waals surface area contributed by atoms with Crippen LogP contribution in [-0.2, 0) is 16.0 Å². The lowest BCUT2D eigenvalue weighted by atomic mass is 10.0. The number of fused-ring (bicyclic) bond motifs is 1. The number of nitrogens with one attached hydrogen (secondary N) is 3. The van der Waals surface area contributed by atoms with Gasteiger partial charge in [0.05, 0.1) is 0 Å². The molecule has 27 heavy (non-hydrogen) atoms. The second-order valence-corrected chi connectivity index (χ2v) is 6.96. The van der Waals surface area contributed by atoms with Crippen LogP contribution >= 0.6 is 0 Å². The van der Waals surface area contributed by atoms with Gasteiger partial charge in [-0.05, 0) is 49.9 Å². The standard InChI is InChI=1S/C22H25N3O2/c1-14-10-15(2)22(16(3)11-14)25-21(27)12-20(26)23-9-8-17-13-24-19-7-5-4-6-18(17)19/h4-7,10-11,13,24H,8-9,12H2,1-3H3,(H,23,26)(H,25,27). The van der Waals surface area contributed by atoms with E-state index in [9.17, 15) is 9.59 Å². The smallest absolute Gasteiger partial charge is 0.233 e. The Morgan fingerprint density at radius 1 is 1.00 bits per heavy atom. The number of carbonyl (C=O) groups excluding carboxylic acids is 2. The van der Waals surface area contributed by atoms with Crippen molar-refractivity contribution < 1.29 is 9.59 Å². The molecule has 2 aromatic carbocycles. The molecule has 5 heteroatoms. The Morgan fingerprint density at radius 2 is 1.70 bits per heavy atom. The molecule has 3 aromatic rings. The highest BCUT2D eigenvalue weighted by Gasteiger charge is 2.12. The lowest BCUT2D eigenvalue weighted by molar-refractivity contribution is -0.126. The van der Waals surface area contributed by atoms with E-state index >= 15 is 0 Å². The van der Waals surface area contributed by atoms with Gasteiger partial charge in [-0.2, -0.15) is 0 Å². The van der Waals surface area contributed by atoms with Crippen LogP contribution in [0.2, 0.25) is 0 Å². The molecule has 0 aliphatic heterocycles. The average molecular weight is 363 g/mol. The van der Waals surface area contributed by atoms with E-state index in [2.05, 4.69) is 21.7 Å². The van der Waals surface area contributed by atoms with Crippen molar-refractivity contribution in [2.75, 3.05) is 11.9 Å². The minimum atomic E-state index is -0.297. The molecule has 0 spiro atoms. The van der Waals surface area contributed by atoms with E-state index in [4.69, 9.17) is 0 Å². The third-order valence-corrected chi connectivity index (χ3v) is 4.65. The minimum Gasteiger partial charge on any atom is -0.361 e. The van der Waals surface area contributed by atoms with Crippen LogP contribution in [0.5, 0.6) is 0 Å². The Bertz CT molecular complexity index is 965. The number of aromatic nitrogens is 1. The number of rotatable bonds is 6. The zero-order valence-corrected chi connectivity index (χ0v) is 16.0. The maximum Gasteiger partial charge on any atom is 0.233 e. The van der Waals surface area contributed by atoms with Gasteiger partial charge >= 0.3 is 0 Å². The van der Waals surface area contributed by atoms with Crippen LogP contribution in [-0.4, -0.2) is 23.3 Å². The lowest BCUT2D eigenvalue weighted by Gasteiger charge is -2.13. The van der Waals surface area contributed by atoms with Gasteiger partial charge in [-0.3, -0.25) is 9.59 Å². The van der Waals surface area contributed by atoms with Gasteiger partial charge in [-0.25, -0.2) is 0 Å². The summed E-state index contributed by atoms with van der Waals surface area (Å²) in [5.41, 5.74) is 6.18. The van der Waals surface area contributed by atoms with E-state index in [1.807, 2.05) is 57.3 Å². The van der Waals surface area contributed by atoms with Crippen LogP contribution in [0.25, 0.3) is 10.9 Å². The second-order valence-electron chi connectivity index (χ2n) is 6.96. The third-order valence-electron chi connectivity index (χ3n) is 4.65. The zero-order valence-electron chi connectivity index (χ0n) is 16.0. The summed E-state index contributed by atoms with van der Waals surface area (Å²) < 4.78 is 0. The lowest BCUT2D eigenvalue weighted by Crippen LogP contribution is -2.29. The molecule has 0 bridgehead atoms. The summed E-state index contributed by atoms with van der Waals surface area (Å²) >= 11 is 0. The van der Waals surface area contributed by atoms with Gasteiger partial charge in [0.1, 0.15) is 6.42 Å². The zero-order chi connectivity index (χ0) is 19.4. The van der Waals surface area contributed by atoms with Crippen molar-refractivity contribution in [3.8, 4) is 0 Å². The van der Waals surface area contributed by atoms with E-state index < -0.39 is 0 Å². The van der Waals surface area contributed by atoms with Crippen LogP contribution in [0.1, 0.15) is 28.7 Å². The van der Waals surface area contributed by atoms with E-state index in [0.29, 0.717) is 13.0 Å². The van der Waals surface area contributed by atoms with Crippen molar-refractivity contribution in [2.45, 2.75) is 33.6 Å². The van der Waals surface area contributed by atoms with Crippen LogP contribution in [0, 0.1) is 20.8 Å². The molecule has 0 unspecified atom stereocenters. The summed E-state index contributed by atoms with van der Waals surface area (Å²) in [5.74, 6) is -0.565. The molecule has 140 valence electrons. The predicted octanol–water partition coefficient (Wildman–Crippen LogP) is 3.78. The van der Waals surface area contributed by atoms with Crippen molar-refractivity contribution in [3.63, 3.8) is 0 Å². The van der Waals surface area contributed by atoms with E-state index in [0.717, 1.165) is 38.8 Å². The van der Waals surface area contributed by atoms with Crippen LogP contribution in [0.15, 0.2) is 42.6 Å². The second kappa shape index (κ2) is 8.08. The highest BCUT2D eigenvalue weighted by atomic mass is 16.2. The first-order valence-corrected chi connectivity index (χ1v) is 9.13. The summed E-state index contributed by atoms with van der Waals surface area (Å²) in [6.45, 7) is 6.43. The van der Waals surface area contributed by atoms with Gasteiger partial charge in [0.25, 0.3) is 0 Å². The molecule has 1 heterocycles. The predicted molar refractivity (Wildman–Crippen MR) is 109 cm³/mol. The number of carbonyl (C=O) groups is 2. The van der Waals surface area contributed by atoms with Gasteiger partial charge in [-0.15, -0.1) is 0 Å². The molecular formula is C22H25N3O2. The molecule has 1 aromatic heterocycles. The molecule has 0 fully saturated rings. The van der Waals surface area contributed by atoms with E-state index in [1.165, 1.54) is 0 Å². The molecule has 0 aliphatic carbocycles. The normalized spacial score (nSPS) is 10.8. The summed E-state index contributed by atoms with van der Waals surface area (Å²) in [6, 6.07) is 12.1. The number of benzene rings is 2. The molecule has 0 radical (unpaired) electrons. The Balaban J connectivity index is 1.50. The molecule has 0 atom stereocenters. The fourth-order valence-corrected chi connectivity index (χ4v) is 3.44. The molecule has 2 amide bonds. The number of H-pyrrole nitrogens is 1. The van der Waals surface area contributed by atoms with E-state index in [1.54, 1.807) is 0 Å². The van der Waals surface area contributed by atoms with Crippen molar-refractivity contribution in [3.05, 3.63) is 64.8 Å². The number of hydrogen-bond donors (Lipinski definition) is 3. The number of para-hydroxylation sites is 1. The summed E-state index contributed by atoms with van der Waals surface area (Å²) in [7, 11) is 0. The number of amides is 2. The first-order valence-electron chi connectivity index (χ1n) is 9.13. The first-order chi connectivity index (χ1) is 12.9. The van der Waals surface area contributed by atoms with Crippen molar-refractivity contribution in [1.82, 2.24) is 10.3 Å². The molecule has 0 saturated carbocycles. The van der Waals surface area contributed by atoms with Gasteiger partial charge in [0, 0.05) is 29.3 Å². The average Bonchev–Trinajstić information content (AvgIpc) is 3.01. The Hall–Kier alpha value is -3.08. The molecule has 3 N–H and O–H groups in total. The monoisotopic (exact) mass is 363 g/mol. The maximum atomic E-state index is 12.2. The maximum absolute atomic E-state index is 12.2. The fraction of sp³-hybridized carbons (Fsp3) is 0.273. The van der Waals surface area contributed by atoms with E-state index in [-0.39, 0.29) is 18.2 Å². The van der Waals surface area contributed by atoms with Gasteiger partial charge < -0.3 is 15.6 Å². The Labute approximate surface area is 159 Å². The highest BCUT2D eigenvalue weighted by Crippen LogP contribution is 2.22. The SMILES string of the molecule is Cc1cc(C)c(NC(=O)CC(=O)NCCc2c[nH]c3ccccc23)c(C)c1. The first kappa shape index (κ1) is 18.7. The van der Waals surface area contributed by atoms with Crippen LogP contribution in [0.3, 0.4) is 0 Å². The highest BCUT2D eigenvalue weighted by molar-refractivity contribution is 6.04. The largest absolute Gasteiger partial charge is 0.361 e. The quantitative estimate of drug-likeness (QED) is 0.583. The van der Waals surface area contributed by atoms with Gasteiger partial charge in [0.2, 0.25) is 11.8 Å². The molecule has 0 saturated heterocycles. The van der Waals surface area contributed by atoms with Crippen molar-refractivity contribution in [2.24, 2.45) is 0 Å². The number of hydrogen-bond acceptors (Lipinski definition) is 2. The Morgan fingerprint density at radius 3 is 2.44 bits per heavy atom. The summed E-state index contributed by atoms with van der Waals surface area (Å²) in [6.07, 6.45) is 2.50. The Kier molecular flexibility index (Phi) is 5.60. The van der Waals surface area contributed by atoms with Gasteiger partial charge in [0.15, 0.2) is 0 Å². The van der Waals surface area contributed by atoms with Crippen molar-refractivity contribution in [1.29, 1.82) is 0 Å². The fourth-order valence-electron chi connectivity index (χ4n) is 3.44. The molecule has 0 aliphatic rings. The third kappa shape index (κ3) is 4.56. The van der Waals surface area contributed by atoms with Crippen molar-refractivity contribution >= 4 is 28.4 Å². The molecular weight excluding hydrogens is 338 g/mol.